The van der Waals surface area contributed by atoms with Gasteiger partial charge in [0, 0.05) is 26.7 Å². The number of para-hydroxylation sites is 1. The van der Waals surface area contributed by atoms with E-state index in [0.717, 1.165) is 11.1 Å². The molecule has 0 aliphatic carbocycles. The maximum atomic E-state index is 9.64. The van der Waals surface area contributed by atoms with Crippen LogP contribution in [0.25, 0.3) is 0 Å². The van der Waals surface area contributed by atoms with Crippen molar-refractivity contribution in [2.45, 2.75) is 19.8 Å². The summed E-state index contributed by atoms with van der Waals surface area (Å²) in [7, 11) is 0. The van der Waals surface area contributed by atoms with Gasteiger partial charge in [0.1, 0.15) is 13.2 Å². The van der Waals surface area contributed by atoms with Crippen molar-refractivity contribution in [2.75, 3.05) is 0 Å². The molecule has 0 atom stereocenters. The van der Waals surface area contributed by atoms with Crippen molar-refractivity contribution in [1.29, 1.82) is 0 Å². The van der Waals surface area contributed by atoms with Gasteiger partial charge in [-0.2, -0.15) is 0 Å². The molecule has 5 heteroatoms. The van der Waals surface area contributed by atoms with Crippen LogP contribution in [0, 0.1) is 0 Å². The number of hydrogen-bond acceptors (Lipinski definition) is 3. The van der Waals surface area contributed by atoms with Crippen molar-refractivity contribution < 1.29 is 14.6 Å². The van der Waals surface area contributed by atoms with Crippen LogP contribution in [0.2, 0.25) is 10.0 Å². The summed E-state index contributed by atoms with van der Waals surface area (Å²) in [6.07, 6.45) is 0. The minimum Gasteiger partial charge on any atom is -0.485 e. The molecule has 0 bridgehead atoms. The van der Waals surface area contributed by atoms with Crippen molar-refractivity contribution >= 4 is 23.2 Å². The maximum Gasteiger partial charge on any atom is 0.167 e. The van der Waals surface area contributed by atoms with Gasteiger partial charge in [0.25, 0.3) is 0 Å². The average Bonchev–Trinajstić information content (AvgIpc) is 2.67. The van der Waals surface area contributed by atoms with Gasteiger partial charge in [-0.3, -0.25) is 0 Å². The molecule has 26 heavy (non-hydrogen) atoms. The van der Waals surface area contributed by atoms with E-state index in [1.807, 2.05) is 54.6 Å². The number of aliphatic hydroxyl groups excluding tert-OH is 1. The zero-order valence-electron chi connectivity index (χ0n) is 14.0. The fourth-order valence-corrected chi connectivity index (χ4v) is 2.88. The third-order valence-corrected chi connectivity index (χ3v) is 4.64. The molecule has 0 aromatic heterocycles. The maximum absolute atomic E-state index is 9.64. The number of benzene rings is 3. The smallest absolute Gasteiger partial charge is 0.167 e. The molecule has 0 amide bonds. The third kappa shape index (κ3) is 4.50. The Morgan fingerprint density at radius 3 is 1.77 bits per heavy atom. The van der Waals surface area contributed by atoms with Gasteiger partial charge in [-0.1, -0.05) is 71.7 Å². The van der Waals surface area contributed by atoms with E-state index < -0.39 is 0 Å². The summed E-state index contributed by atoms with van der Waals surface area (Å²) in [6.45, 7) is 0.428. The molecule has 0 spiro atoms. The van der Waals surface area contributed by atoms with Crippen LogP contribution < -0.4 is 9.47 Å². The van der Waals surface area contributed by atoms with E-state index in [1.165, 1.54) is 0 Å². The molecular weight excluding hydrogens is 371 g/mol. The van der Waals surface area contributed by atoms with E-state index in [-0.39, 0.29) is 13.2 Å². The van der Waals surface area contributed by atoms with Gasteiger partial charge in [-0.25, -0.2) is 0 Å². The second-order valence-corrected chi connectivity index (χ2v) is 6.48. The van der Waals surface area contributed by atoms with Crippen molar-refractivity contribution in [3.8, 4) is 11.5 Å². The Kier molecular flexibility index (Phi) is 6.40. The standard InChI is InChI=1S/C21H18Cl2O3/c22-18-9-3-1-6-16(18)13-25-20-11-5-8-15(12-24)21(20)26-14-17-7-2-4-10-19(17)23/h1-11,24H,12-14H2. The Morgan fingerprint density at radius 1 is 0.654 bits per heavy atom. The number of hydrogen-bond donors (Lipinski definition) is 1. The van der Waals surface area contributed by atoms with Crippen LogP contribution in [0.3, 0.4) is 0 Å². The van der Waals surface area contributed by atoms with Gasteiger partial charge in [0.05, 0.1) is 6.61 Å². The lowest BCUT2D eigenvalue weighted by Gasteiger charge is -2.16. The summed E-state index contributed by atoms with van der Waals surface area (Å²) in [5, 5.41) is 10.9. The first kappa shape index (κ1) is 18.6. The molecule has 134 valence electrons. The highest BCUT2D eigenvalue weighted by molar-refractivity contribution is 6.31. The molecule has 1 N–H and O–H groups in total. The second kappa shape index (κ2) is 8.95. The largest absolute Gasteiger partial charge is 0.485 e. The molecular formula is C21H18Cl2O3. The van der Waals surface area contributed by atoms with Crippen LogP contribution in [0.4, 0.5) is 0 Å². The molecule has 0 saturated carbocycles. The minimum absolute atomic E-state index is 0.152. The SMILES string of the molecule is OCc1cccc(OCc2ccccc2Cl)c1OCc1ccccc1Cl. The summed E-state index contributed by atoms with van der Waals surface area (Å²) < 4.78 is 11.9. The van der Waals surface area contributed by atoms with Crippen LogP contribution in [-0.2, 0) is 19.8 Å². The monoisotopic (exact) mass is 388 g/mol. The first-order chi connectivity index (χ1) is 12.7. The molecule has 0 radical (unpaired) electrons. The molecule has 3 aromatic carbocycles. The second-order valence-electron chi connectivity index (χ2n) is 5.66. The molecule has 3 nitrogen and oxygen atoms in total. The Hall–Kier alpha value is -2.20. The lowest BCUT2D eigenvalue weighted by Crippen LogP contribution is -2.04. The van der Waals surface area contributed by atoms with Gasteiger partial charge in [0.15, 0.2) is 11.5 Å². The molecule has 3 rings (SSSR count). The van der Waals surface area contributed by atoms with Crippen LogP contribution in [0.1, 0.15) is 16.7 Å². The average molecular weight is 389 g/mol. The fourth-order valence-electron chi connectivity index (χ4n) is 2.50. The highest BCUT2D eigenvalue weighted by atomic mass is 35.5. The molecule has 3 aromatic rings. The highest BCUT2D eigenvalue weighted by Gasteiger charge is 2.13. The predicted octanol–water partition coefficient (Wildman–Crippen LogP) is 5.64. The van der Waals surface area contributed by atoms with Gasteiger partial charge in [-0.05, 0) is 18.2 Å². The predicted molar refractivity (Wildman–Crippen MR) is 104 cm³/mol. The van der Waals surface area contributed by atoms with Crippen LogP contribution in [-0.4, -0.2) is 5.11 Å². The fraction of sp³-hybridized carbons (Fsp3) is 0.143. The number of rotatable bonds is 7. The van der Waals surface area contributed by atoms with Crippen molar-refractivity contribution in [3.63, 3.8) is 0 Å². The van der Waals surface area contributed by atoms with Gasteiger partial charge in [-0.15, -0.1) is 0 Å². The number of ether oxygens (including phenoxy) is 2. The molecule has 0 heterocycles. The van der Waals surface area contributed by atoms with E-state index >= 15 is 0 Å². The summed E-state index contributed by atoms with van der Waals surface area (Å²) >= 11 is 12.4. The molecule has 0 aliphatic rings. The van der Waals surface area contributed by atoms with Crippen molar-refractivity contribution in [3.05, 3.63) is 93.5 Å². The van der Waals surface area contributed by atoms with Gasteiger partial charge < -0.3 is 14.6 Å². The summed E-state index contributed by atoms with van der Waals surface area (Å²) in [5.41, 5.74) is 2.38. The summed E-state index contributed by atoms with van der Waals surface area (Å²) in [6, 6.07) is 20.4. The first-order valence-electron chi connectivity index (χ1n) is 8.14. The first-order valence-corrected chi connectivity index (χ1v) is 8.90. The van der Waals surface area contributed by atoms with E-state index in [4.69, 9.17) is 32.7 Å². The zero-order chi connectivity index (χ0) is 18.4. The van der Waals surface area contributed by atoms with Crippen molar-refractivity contribution in [2.24, 2.45) is 0 Å². The topological polar surface area (TPSA) is 38.7 Å². The van der Waals surface area contributed by atoms with Gasteiger partial charge in [0.2, 0.25) is 0 Å². The zero-order valence-corrected chi connectivity index (χ0v) is 15.5. The third-order valence-electron chi connectivity index (χ3n) is 3.90. The molecule has 0 aliphatic heterocycles. The molecule has 0 saturated heterocycles. The Labute approximate surface area is 162 Å². The minimum atomic E-state index is -0.152. The van der Waals surface area contributed by atoms with Crippen LogP contribution >= 0.6 is 23.2 Å². The lowest BCUT2D eigenvalue weighted by atomic mass is 10.2. The van der Waals surface area contributed by atoms with E-state index in [2.05, 4.69) is 0 Å². The van der Waals surface area contributed by atoms with Crippen LogP contribution in [0.5, 0.6) is 11.5 Å². The lowest BCUT2D eigenvalue weighted by molar-refractivity contribution is 0.236. The normalized spacial score (nSPS) is 10.6. The van der Waals surface area contributed by atoms with E-state index in [9.17, 15) is 5.11 Å². The van der Waals surface area contributed by atoms with E-state index in [1.54, 1.807) is 12.1 Å². The molecule has 0 unspecified atom stereocenters. The molecule has 0 fully saturated rings. The quantitative estimate of drug-likeness (QED) is 0.568. The van der Waals surface area contributed by atoms with Gasteiger partial charge >= 0.3 is 0 Å². The van der Waals surface area contributed by atoms with Crippen molar-refractivity contribution in [1.82, 2.24) is 0 Å². The Balaban J connectivity index is 1.79. The van der Waals surface area contributed by atoms with E-state index in [0.29, 0.717) is 33.7 Å². The number of aliphatic hydroxyl groups is 1. The highest BCUT2D eigenvalue weighted by Crippen LogP contribution is 2.33. The van der Waals surface area contributed by atoms with Crippen LogP contribution in [0.15, 0.2) is 66.7 Å². The summed E-state index contributed by atoms with van der Waals surface area (Å²) in [4.78, 5) is 0. The Morgan fingerprint density at radius 2 is 1.19 bits per heavy atom. The summed E-state index contributed by atoms with van der Waals surface area (Å²) in [5.74, 6) is 1.05. The number of halogens is 2. The Bertz CT molecular complexity index is 881.